The molecule has 8 heteroatoms. The molecule has 0 saturated carbocycles. The first-order valence-electron chi connectivity index (χ1n) is 11.2. The van der Waals surface area contributed by atoms with E-state index in [0.717, 1.165) is 0 Å². The Bertz CT molecular complexity index is 951. The second-order valence-corrected chi connectivity index (χ2v) is 8.92. The largest absolute Gasteiger partial charge is 0.488 e. The number of likely N-dealkylation sites (N-methyl/N-ethyl adjacent to an activating group) is 1. The molecule has 3 rings (SSSR count). The van der Waals surface area contributed by atoms with Crippen LogP contribution in [-0.2, 0) is 11.2 Å². The molecule has 2 aromatic rings. The van der Waals surface area contributed by atoms with Crippen molar-refractivity contribution in [2.45, 2.75) is 32.4 Å². The zero-order valence-corrected chi connectivity index (χ0v) is 19.7. The Morgan fingerprint density at radius 3 is 2.55 bits per heavy atom. The van der Waals surface area contributed by atoms with E-state index in [9.17, 15) is 14.7 Å². The van der Waals surface area contributed by atoms with Gasteiger partial charge in [-0.15, -0.1) is 0 Å². The van der Waals surface area contributed by atoms with E-state index in [0.29, 0.717) is 35.8 Å². The summed E-state index contributed by atoms with van der Waals surface area (Å²) in [5.74, 6) is 0.616. The van der Waals surface area contributed by atoms with Crippen LogP contribution in [0.25, 0.3) is 0 Å². The number of carbonyl (C=O) groups excluding carboxylic acids is 2. The van der Waals surface area contributed by atoms with Crippen molar-refractivity contribution in [2.24, 2.45) is 5.92 Å². The molecule has 2 aromatic carbocycles. The summed E-state index contributed by atoms with van der Waals surface area (Å²) in [4.78, 5) is 29.4. The van der Waals surface area contributed by atoms with E-state index < -0.39 is 0 Å². The number of urea groups is 1. The first kappa shape index (κ1) is 24.5. The maximum atomic E-state index is 13.2. The lowest BCUT2D eigenvalue weighted by Gasteiger charge is -2.33. The lowest BCUT2D eigenvalue weighted by Crippen LogP contribution is -2.47. The number of rotatable bonds is 6. The quantitative estimate of drug-likeness (QED) is 0.624. The Morgan fingerprint density at radius 2 is 1.88 bits per heavy atom. The summed E-state index contributed by atoms with van der Waals surface area (Å²) in [5.41, 5.74) is 1.95. The fourth-order valence-corrected chi connectivity index (χ4v) is 3.90. The molecule has 0 aromatic heterocycles. The van der Waals surface area contributed by atoms with Crippen molar-refractivity contribution in [1.82, 2.24) is 9.80 Å². The van der Waals surface area contributed by atoms with Gasteiger partial charge in [-0.2, -0.15) is 0 Å². The number of nitrogens with one attached hydrogen (secondary N) is 2. The summed E-state index contributed by atoms with van der Waals surface area (Å²) in [6, 6.07) is 13.9. The third-order valence-electron chi connectivity index (χ3n) is 5.75. The van der Waals surface area contributed by atoms with E-state index in [1.54, 1.807) is 35.2 Å². The van der Waals surface area contributed by atoms with Crippen LogP contribution in [-0.4, -0.2) is 72.8 Å². The molecule has 1 aliphatic rings. The molecule has 33 heavy (non-hydrogen) atoms. The first-order chi connectivity index (χ1) is 15.8. The van der Waals surface area contributed by atoms with Crippen LogP contribution in [0.5, 0.6) is 5.75 Å². The van der Waals surface area contributed by atoms with Gasteiger partial charge in [-0.05, 0) is 51.4 Å². The van der Waals surface area contributed by atoms with Gasteiger partial charge in [0.15, 0.2) is 0 Å². The molecule has 0 unspecified atom stereocenters. The Morgan fingerprint density at radius 1 is 1.18 bits per heavy atom. The highest BCUT2D eigenvalue weighted by molar-refractivity contribution is 5.99. The number of fused-ring (bicyclic) bond motifs is 1. The number of amides is 3. The number of carbonyl (C=O) groups is 2. The molecule has 3 N–H and O–H groups in total. The van der Waals surface area contributed by atoms with Crippen LogP contribution in [0.3, 0.4) is 0 Å². The Balaban J connectivity index is 1.86. The van der Waals surface area contributed by atoms with Gasteiger partial charge < -0.3 is 30.3 Å². The van der Waals surface area contributed by atoms with E-state index >= 15 is 0 Å². The van der Waals surface area contributed by atoms with Crippen molar-refractivity contribution in [1.29, 1.82) is 0 Å². The normalized spacial score (nSPS) is 19.6. The average molecular weight is 455 g/mol. The van der Waals surface area contributed by atoms with Crippen LogP contribution >= 0.6 is 0 Å². The molecular weight excluding hydrogens is 420 g/mol. The predicted molar refractivity (Wildman–Crippen MR) is 130 cm³/mol. The van der Waals surface area contributed by atoms with Crippen LogP contribution in [0.1, 0.15) is 19.4 Å². The molecule has 178 valence electrons. The minimum Gasteiger partial charge on any atom is -0.488 e. The Hall–Kier alpha value is -3.10. The lowest BCUT2D eigenvalue weighted by molar-refractivity contribution is -0.134. The summed E-state index contributed by atoms with van der Waals surface area (Å²) < 4.78 is 6.39. The number of hydrogen-bond donors (Lipinski definition) is 3. The minimum absolute atomic E-state index is 0.0609. The number of anilines is 2. The molecule has 0 bridgehead atoms. The number of ether oxygens (including phenoxy) is 1. The number of aliphatic hydroxyl groups is 1. The van der Waals surface area contributed by atoms with Crippen molar-refractivity contribution in [3.05, 3.63) is 54.1 Å². The minimum atomic E-state index is -0.369. The van der Waals surface area contributed by atoms with Crippen molar-refractivity contribution in [3.63, 3.8) is 0 Å². The maximum absolute atomic E-state index is 13.2. The molecule has 0 aliphatic carbocycles. The van der Waals surface area contributed by atoms with E-state index in [4.69, 9.17) is 4.74 Å². The van der Waals surface area contributed by atoms with Crippen LogP contribution in [0.15, 0.2) is 48.5 Å². The lowest BCUT2D eigenvalue weighted by atomic mass is 10.0. The van der Waals surface area contributed by atoms with Crippen molar-refractivity contribution in [3.8, 4) is 5.75 Å². The number of hydrogen-bond acceptors (Lipinski definition) is 5. The monoisotopic (exact) mass is 454 g/mol. The molecule has 0 saturated heterocycles. The molecule has 3 atom stereocenters. The number of nitrogens with zero attached hydrogens (tertiary/aromatic N) is 2. The summed E-state index contributed by atoms with van der Waals surface area (Å²) in [6.07, 6.45) is -0.0186. The first-order valence-corrected chi connectivity index (χ1v) is 11.2. The molecule has 1 heterocycles. The van der Waals surface area contributed by atoms with Gasteiger partial charge in [-0.3, -0.25) is 4.79 Å². The number of para-hydroxylation sites is 1. The summed E-state index contributed by atoms with van der Waals surface area (Å²) >= 11 is 0. The molecule has 0 fully saturated rings. The Labute approximate surface area is 195 Å². The van der Waals surface area contributed by atoms with Crippen molar-refractivity contribution in [2.75, 3.05) is 44.4 Å². The molecule has 0 spiro atoms. The van der Waals surface area contributed by atoms with E-state index in [1.807, 2.05) is 39.2 Å². The van der Waals surface area contributed by atoms with E-state index in [-0.39, 0.29) is 43.0 Å². The number of aliphatic hydroxyl groups excluding tert-OH is 1. The summed E-state index contributed by atoms with van der Waals surface area (Å²) in [7, 11) is 3.97. The van der Waals surface area contributed by atoms with Gasteiger partial charge in [0.1, 0.15) is 11.9 Å². The summed E-state index contributed by atoms with van der Waals surface area (Å²) in [6.45, 7) is 4.99. The SMILES string of the molecule is C[C@H]1CN([C@@H](C)CO)C(=O)Cc2cc(NC(=O)Nc3ccccc3)ccc2O[C@@H]1CN(C)C. The third-order valence-corrected chi connectivity index (χ3v) is 5.75. The second kappa shape index (κ2) is 11.2. The van der Waals surface area contributed by atoms with Crippen LogP contribution in [0.2, 0.25) is 0 Å². The van der Waals surface area contributed by atoms with Crippen LogP contribution < -0.4 is 15.4 Å². The van der Waals surface area contributed by atoms with Crippen LogP contribution in [0, 0.1) is 5.92 Å². The molecular formula is C25H34N4O4. The van der Waals surface area contributed by atoms with Gasteiger partial charge in [-0.25, -0.2) is 4.79 Å². The molecule has 1 aliphatic heterocycles. The molecule has 3 amide bonds. The zero-order chi connectivity index (χ0) is 24.0. The van der Waals surface area contributed by atoms with Gasteiger partial charge in [-0.1, -0.05) is 25.1 Å². The topological polar surface area (TPSA) is 94.1 Å². The highest BCUT2D eigenvalue weighted by Gasteiger charge is 2.30. The van der Waals surface area contributed by atoms with E-state index in [2.05, 4.69) is 22.5 Å². The van der Waals surface area contributed by atoms with Gasteiger partial charge in [0.05, 0.1) is 19.1 Å². The maximum Gasteiger partial charge on any atom is 0.323 e. The molecule has 8 nitrogen and oxygen atoms in total. The van der Waals surface area contributed by atoms with Gasteiger partial charge in [0.2, 0.25) is 5.91 Å². The number of benzene rings is 2. The van der Waals surface area contributed by atoms with Gasteiger partial charge in [0, 0.05) is 35.9 Å². The summed E-state index contributed by atoms with van der Waals surface area (Å²) in [5, 5.41) is 15.3. The smallest absolute Gasteiger partial charge is 0.323 e. The fraction of sp³-hybridized carbons (Fsp3) is 0.440. The van der Waals surface area contributed by atoms with Crippen molar-refractivity contribution >= 4 is 23.3 Å². The third kappa shape index (κ3) is 6.69. The zero-order valence-electron chi connectivity index (χ0n) is 19.7. The van der Waals surface area contributed by atoms with Crippen LogP contribution in [0.4, 0.5) is 16.2 Å². The van der Waals surface area contributed by atoms with E-state index in [1.165, 1.54) is 0 Å². The molecule has 0 radical (unpaired) electrons. The van der Waals surface area contributed by atoms with Gasteiger partial charge >= 0.3 is 6.03 Å². The highest BCUT2D eigenvalue weighted by atomic mass is 16.5. The van der Waals surface area contributed by atoms with Gasteiger partial charge in [0.25, 0.3) is 0 Å². The highest BCUT2D eigenvalue weighted by Crippen LogP contribution is 2.29. The predicted octanol–water partition coefficient (Wildman–Crippen LogP) is 3.04. The van der Waals surface area contributed by atoms with Crippen molar-refractivity contribution < 1.29 is 19.4 Å². The fourth-order valence-electron chi connectivity index (χ4n) is 3.90. The standard InChI is InChI=1S/C25H34N4O4/c1-17-14-29(18(2)16-30)24(31)13-19-12-21(10-11-22(19)33-23(17)15-28(3)4)27-25(32)26-20-8-6-5-7-9-20/h5-12,17-18,23,30H,13-16H2,1-4H3,(H2,26,27,32)/t17-,18-,23+/m0/s1. The average Bonchev–Trinajstić information content (AvgIpc) is 2.82. The second-order valence-electron chi connectivity index (χ2n) is 8.92. The Kier molecular flexibility index (Phi) is 8.30.